The topological polar surface area (TPSA) is 41.0 Å². The Bertz CT molecular complexity index is 372. The molecule has 0 saturated heterocycles. The standard InChI is InChI=1S/C14H24N4/c1-4-15-12-5-7-13(8-6-12)18(3)14-9-11(2)10-16-17-14/h9-10,12-13,15H,4-8H2,1-3H3. The minimum Gasteiger partial charge on any atom is -0.355 e. The second-order valence-corrected chi connectivity index (χ2v) is 5.27. The molecule has 0 bridgehead atoms. The van der Waals surface area contributed by atoms with Crippen LogP contribution in [0.4, 0.5) is 5.82 Å². The van der Waals surface area contributed by atoms with Gasteiger partial charge in [-0.25, -0.2) is 0 Å². The first-order chi connectivity index (χ1) is 8.70. The summed E-state index contributed by atoms with van der Waals surface area (Å²) in [7, 11) is 2.14. The minimum atomic E-state index is 0.607. The Morgan fingerprint density at radius 2 is 2.06 bits per heavy atom. The van der Waals surface area contributed by atoms with Crippen molar-refractivity contribution in [2.75, 3.05) is 18.5 Å². The highest BCUT2D eigenvalue weighted by Gasteiger charge is 2.24. The van der Waals surface area contributed by atoms with Crippen LogP contribution in [0.1, 0.15) is 38.2 Å². The molecule has 0 radical (unpaired) electrons. The van der Waals surface area contributed by atoms with Gasteiger partial charge < -0.3 is 10.2 Å². The zero-order valence-electron chi connectivity index (χ0n) is 11.7. The first-order valence-corrected chi connectivity index (χ1v) is 6.96. The van der Waals surface area contributed by atoms with Gasteiger partial charge in [0.2, 0.25) is 0 Å². The predicted octanol–water partition coefficient (Wildman–Crippen LogP) is 2.14. The summed E-state index contributed by atoms with van der Waals surface area (Å²) in [6.45, 7) is 5.32. The number of rotatable bonds is 4. The monoisotopic (exact) mass is 248 g/mol. The van der Waals surface area contributed by atoms with Gasteiger partial charge in [0.15, 0.2) is 5.82 Å². The van der Waals surface area contributed by atoms with E-state index < -0.39 is 0 Å². The van der Waals surface area contributed by atoms with E-state index >= 15 is 0 Å². The molecule has 1 aromatic rings. The summed E-state index contributed by atoms with van der Waals surface area (Å²) < 4.78 is 0. The van der Waals surface area contributed by atoms with E-state index in [1.165, 1.54) is 31.2 Å². The van der Waals surface area contributed by atoms with Crippen LogP contribution >= 0.6 is 0 Å². The van der Waals surface area contributed by atoms with Crippen molar-refractivity contribution in [3.8, 4) is 0 Å². The predicted molar refractivity (Wildman–Crippen MR) is 74.9 cm³/mol. The van der Waals surface area contributed by atoms with Crippen molar-refractivity contribution >= 4 is 5.82 Å². The lowest BCUT2D eigenvalue weighted by molar-refractivity contribution is 0.340. The van der Waals surface area contributed by atoms with Crippen molar-refractivity contribution in [1.82, 2.24) is 15.5 Å². The lowest BCUT2D eigenvalue weighted by Gasteiger charge is -2.35. The smallest absolute Gasteiger partial charge is 0.151 e. The molecule has 0 aliphatic heterocycles. The summed E-state index contributed by atoms with van der Waals surface area (Å²) in [5.74, 6) is 1.00. The molecular formula is C14H24N4. The fraction of sp³-hybridized carbons (Fsp3) is 0.714. The molecule has 1 aliphatic rings. The van der Waals surface area contributed by atoms with Gasteiger partial charge in [0.25, 0.3) is 0 Å². The number of aromatic nitrogens is 2. The molecule has 18 heavy (non-hydrogen) atoms. The number of anilines is 1. The maximum Gasteiger partial charge on any atom is 0.151 e. The Hall–Kier alpha value is -1.16. The molecule has 4 heteroatoms. The fourth-order valence-electron chi connectivity index (χ4n) is 2.76. The van der Waals surface area contributed by atoms with Crippen LogP contribution in [0.15, 0.2) is 12.3 Å². The Morgan fingerprint density at radius 3 is 2.67 bits per heavy atom. The van der Waals surface area contributed by atoms with Gasteiger partial charge >= 0.3 is 0 Å². The molecule has 100 valence electrons. The van der Waals surface area contributed by atoms with E-state index in [2.05, 4.69) is 47.4 Å². The van der Waals surface area contributed by atoms with Crippen molar-refractivity contribution in [1.29, 1.82) is 0 Å². The normalized spacial score (nSPS) is 23.9. The van der Waals surface area contributed by atoms with Gasteiger partial charge in [0.1, 0.15) is 0 Å². The van der Waals surface area contributed by atoms with Gasteiger partial charge in [0.05, 0.1) is 6.20 Å². The van der Waals surface area contributed by atoms with Crippen LogP contribution in [0.2, 0.25) is 0 Å². The van der Waals surface area contributed by atoms with E-state index in [-0.39, 0.29) is 0 Å². The molecule has 0 aromatic carbocycles. The number of hydrogen-bond acceptors (Lipinski definition) is 4. The molecular weight excluding hydrogens is 224 g/mol. The van der Waals surface area contributed by atoms with E-state index in [0.717, 1.165) is 12.4 Å². The van der Waals surface area contributed by atoms with Crippen LogP contribution in [0.25, 0.3) is 0 Å². The van der Waals surface area contributed by atoms with E-state index in [4.69, 9.17) is 0 Å². The van der Waals surface area contributed by atoms with E-state index in [0.29, 0.717) is 12.1 Å². The maximum absolute atomic E-state index is 4.23. The molecule has 0 atom stereocenters. The Labute approximate surface area is 110 Å². The van der Waals surface area contributed by atoms with Crippen LogP contribution < -0.4 is 10.2 Å². The second-order valence-electron chi connectivity index (χ2n) is 5.27. The average molecular weight is 248 g/mol. The quantitative estimate of drug-likeness (QED) is 0.886. The number of nitrogens with one attached hydrogen (secondary N) is 1. The highest BCUT2D eigenvalue weighted by molar-refractivity contribution is 5.39. The molecule has 1 saturated carbocycles. The Kier molecular flexibility index (Phi) is 4.53. The summed E-state index contributed by atoms with van der Waals surface area (Å²) in [5.41, 5.74) is 1.17. The largest absolute Gasteiger partial charge is 0.355 e. The van der Waals surface area contributed by atoms with Gasteiger partial charge in [-0.05, 0) is 50.8 Å². The van der Waals surface area contributed by atoms with Gasteiger partial charge in [-0.3, -0.25) is 0 Å². The third kappa shape index (κ3) is 3.19. The molecule has 0 unspecified atom stereocenters. The highest BCUT2D eigenvalue weighted by Crippen LogP contribution is 2.25. The van der Waals surface area contributed by atoms with E-state index in [9.17, 15) is 0 Å². The maximum atomic E-state index is 4.23. The molecule has 2 rings (SSSR count). The lowest BCUT2D eigenvalue weighted by Crippen LogP contribution is -2.41. The zero-order valence-corrected chi connectivity index (χ0v) is 11.7. The van der Waals surface area contributed by atoms with E-state index in [1.54, 1.807) is 6.20 Å². The second kappa shape index (κ2) is 6.14. The molecule has 1 fully saturated rings. The zero-order chi connectivity index (χ0) is 13.0. The SMILES string of the molecule is CCNC1CCC(N(C)c2cc(C)cnn2)CC1. The fourth-order valence-corrected chi connectivity index (χ4v) is 2.76. The van der Waals surface area contributed by atoms with Crippen LogP contribution in [-0.2, 0) is 0 Å². The first kappa shape index (κ1) is 13.3. The van der Waals surface area contributed by atoms with Crippen molar-refractivity contribution in [2.24, 2.45) is 0 Å². The summed E-state index contributed by atoms with van der Waals surface area (Å²) in [6.07, 6.45) is 6.82. The molecule has 1 aromatic heterocycles. The molecule has 4 nitrogen and oxygen atoms in total. The average Bonchev–Trinajstić information content (AvgIpc) is 2.39. The van der Waals surface area contributed by atoms with Crippen molar-refractivity contribution in [3.63, 3.8) is 0 Å². The summed E-state index contributed by atoms with van der Waals surface area (Å²) in [5, 5.41) is 11.8. The third-order valence-electron chi connectivity index (χ3n) is 3.88. The van der Waals surface area contributed by atoms with Crippen molar-refractivity contribution in [3.05, 3.63) is 17.8 Å². The van der Waals surface area contributed by atoms with Gasteiger partial charge in [0, 0.05) is 19.1 Å². The molecule has 1 N–H and O–H groups in total. The van der Waals surface area contributed by atoms with Gasteiger partial charge in [-0.15, -0.1) is 5.10 Å². The van der Waals surface area contributed by atoms with Crippen LogP contribution in [0, 0.1) is 6.92 Å². The number of hydrogen-bond donors (Lipinski definition) is 1. The highest BCUT2D eigenvalue weighted by atomic mass is 15.3. The molecule has 0 amide bonds. The first-order valence-electron chi connectivity index (χ1n) is 6.96. The Morgan fingerprint density at radius 1 is 1.33 bits per heavy atom. The van der Waals surface area contributed by atoms with Crippen LogP contribution in [0.5, 0.6) is 0 Å². The summed E-state index contributed by atoms with van der Waals surface area (Å²) in [4.78, 5) is 2.29. The summed E-state index contributed by atoms with van der Waals surface area (Å²) in [6, 6.07) is 3.43. The van der Waals surface area contributed by atoms with Gasteiger partial charge in [-0.1, -0.05) is 6.92 Å². The van der Waals surface area contributed by atoms with Crippen LogP contribution in [0.3, 0.4) is 0 Å². The van der Waals surface area contributed by atoms with Crippen molar-refractivity contribution in [2.45, 2.75) is 51.6 Å². The lowest BCUT2D eigenvalue weighted by atomic mass is 9.90. The third-order valence-corrected chi connectivity index (χ3v) is 3.88. The molecule has 0 spiro atoms. The molecule has 1 heterocycles. The Balaban J connectivity index is 1.93. The number of nitrogens with zero attached hydrogens (tertiary/aromatic N) is 3. The van der Waals surface area contributed by atoms with E-state index in [1.807, 2.05) is 0 Å². The van der Waals surface area contributed by atoms with Crippen molar-refractivity contribution < 1.29 is 0 Å². The van der Waals surface area contributed by atoms with Gasteiger partial charge in [-0.2, -0.15) is 5.10 Å². The number of aryl methyl sites for hydroxylation is 1. The minimum absolute atomic E-state index is 0.607. The molecule has 1 aliphatic carbocycles. The van der Waals surface area contributed by atoms with Crippen LogP contribution in [-0.4, -0.2) is 35.9 Å². The summed E-state index contributed by atoms with van der Waals surface area (Å²) >= 11 is 0.